The maximum atomic E-state index is 12.6. The summed E-state index contributed by atoms with van der Waals surface area (Å²) in [7, 11) is -3.56. The van der Waals surface area contributed by atoms with Gasteiger partial charge in [0.2, 0.25) is 10.0 Å². The monoisotopic (exact) mass is 470 g/mol. The molecule has 1 aliphatic rings. The molecule has 0 amide bonds. The van der Waals surface area contributed by atoms with E-state index in [2.05, 4.69) is 16.2 Å². The van der Waals surface area contributed by atoms with Crippen LogP contribution in [0.25, 0.3) is 0 Å². The van der Waals surface area contributed by atoms with E-state index in [0.29, 0.717) is 37.7 Å². The van der Waals surface area contributed by atoms with Crippen molar-refractivity contribution in [1.29, 1.82) is 0 Å². The molecule has 30 heavy (non-hydrogen) atoms. The summed E-state index contributed by atoms with van der Waals surface area (Å²) in [4.78, 5) is 11.3. The first-order valence-corrected chi connectivity index (χ1v) is 11.0. The number of thiocarbonyl (C=S) groups is 1. The Kier molecular flexibility index (Phi) is 7.10. The number of sulfonamides is 1. The van der Waals surface area contributed by atoms with Crippen LogP contribution in [-0.4, -0.2) is 55.2 Å². The van der Waals surface area contributed by atoms with Gasteiger partial charge in [0.15, 0.2) is 5.11 Å². The van der Waals surface area contributed by atoms with Crippen LogP contribution in [0.5, 0.6) is 0 Å². The Hall–Kier alpha value is -2.44. The Morgan fingerprint density at radius 2 is 1.73 bits per heavy atom. The second-order valence-electron chi connectivity index (χ2n) is 6.24. The number of nitrogens with one attached hydrogen (secondary N) is 3. The van der Waals surface area contributed by atoms with Crippen molar-refractivity contribution in [2.75, 3.05) is 37.0 Å². The molecule has 0 aliphatic carbocycles. The first-order valence-electron chi connectivity index (χ1n) is 8.81. The lowest BCUT2D eigenvalue weighted by atomic mass is 10.2. The van der Waals surface area contributed by atoms with E-state index in [1.807, 2.05) is 0 Å². The van der Waals surface area contributed by atoms with Gasteiger partial charge in [0.1, 0.15) is 0 Å². The minimum Gasteiger partial charge on any atom is -0.478 e. The van der Waals surface area contributed by atoms with Crippen LogP contribution in [0.4, 0.5) is 11.4 Å². The molecule has 2 aromatic carbocycles. The molecule has 0 atom stereocenters. The predicted molar refractivity (Wildman–Crippen MR) is 117 cm³/mol. The van der Waals surface area contributed by atoms with Gasteiger partial charge in [-0.15, -0.1) is 0 Å². The average molecular weight is 471 g/mol. The molecule has 0 saturated carbocycles. The number of carboxylic acids is 1. The third-order valence-electron chi connectivity index (χ3n) is 4.24. The van der Waals surface area contributed by atoms with Gasteiger partial charge in [-0.1, -0.05) is 11.6 Å². The molecule has 4 N–H and O–H groups in total. The first-order chi connectivity index (χ1) is 14.3. The van der Waals surface area contributed by atoms with Crippen LogP contribution in [0, 0.1) is 0 Å². The summed E-state index contributed by atoms with van der Waals surface area (Å²) in [6, 6.07) is 10.6. The van der Waals surface area contributed by atoms with Gasteiger partial charge in [0.05, 0.1) is 34.4 Å². The van der Waals surface area contributed by atoms with E-state index in [-0.39, 0.29) is 20.6 Å². The number of aromatic carboxylic acids is 1. The van der Waals surface area contributed by atoms with E-state index in [1.54, 1.807) is 18.2 Å². The van der Waals surface area contributed by atoms with Crippen molar-refractivity contribution in [1.82, 2.24) is 9.73 Å². The molecule has 3 rings (SSSR count). The number of rotatable bonds is 6. The van der Waals surface area contributed by atoms with Gasteiger partial charge >= 0.3 is 5.97 Å². The van der Waals surface area contributed by atoms with E-state index < -0.39 is 16.0 Å². The lowest BCUT2D eigenvalue weighted by molar-refractivity contribution is 0.0697. The molecular formula is C18H19ClN4O5S2. The number of carbonyl (C=O) groups is 1. The van der Waals surface area contributed by atoms with Crippen LogP contribution < -0.4 is 16.2 Å². The molecule has 9 nitrogen and oxygen atoms in total. The zero-order valence-corrected chi connectivity index (χ0v) is 18.0. The van der Waals surface area contributed by atoms with Crippen molar-refractivity contribution >= 4 is 56.3 Å². The Morgan fingerprint density at radius 3 is 2.37 bits per heavy atom. The van der Waals surface area contributed by atoms with Gasteiger partial charge in [-0.3, -0.25) is 10.9 Å². The molecular weight excluding hydrogens is 452 g/mol. The van der Waals surface area contributed by atoms with Gasteiger partial charge in [-0.25, -0.2) is 13.2 Å². The number of nitrogens with zero attached hydrogens (tertiary/aromatic N) is 1. The van der Waals surface area contributed by atoms with E-state index in [1.165, 1.54) is 28.6 Å². The summed E-state index contributed by atoms with van der Waals surface area (Å²) < 4.78 is 31.8. The zero-order valence-electron chi connectivity index (χ0n) is 15.6. The first kappa shape index (κ1) is 22.2. The quantitative estimate of drug-likeness (QED) is 0.372. The summed E-state index contributed by atoms with van der Waals surface area (Å²) >= 11 is 11.0. The number of carboxylic acid groups (broad SMARTS) is 1. The summed E-state index contributed by atoms with van der Waals surface area (Å²) in [5, 5.41) is 12.3. The number of hydrogen-bond acceptors (Lipinski definition) is 6. The number of hydrogen-bond donors (Lipinski definition) is 4. The fraction of sp³-hybridized carbons (Fsp3) is 0.222. The average Bonchev–Trinajstić information content (AvgIpc) is 2.74. The predicted octanol–water partition coefficient (Wildman–Crippen LogP) is 2.37. The topological polar surface area (TPSA) is 120 Å². The van der Waals surface area contributed by atoms with Gasteiger partial charge in [-0.05, 0) is 54.7 Å². The van der Waals surface area contributed by atoms with Crippen LogP contribution in [0.3, 0.4) is 0 Å². The number of morpholine rings is 1. The highest BCUT2D eigenvalue weighted by Gasteiger charge is 2.26. The standard InChI is InChI=1S/C18H19ClN4O5S2/c19-16-6-3-13(11-15(16)17(24)25)21-22-18(29)20-12-1-4-14(5-2-12)30(26,27)23-7-9-28-10-8-23/h1-6,11,21H,7-10H2,(H,24,25)(H2,20,22,29). The fourth-order valence-electron chi connectivity index (χ4n) is 2.70. The van der Waals surface area contributed by atoms with Crippen LogP contribution in [0.2, 0.25) is 5.02 Å². The maximum absolute atomic E-state index is 12.6. The minimum absolute atomic E-state index is 0.0422. The van der Waals surface area contributed by atoms with Crippen LogP contribution >= 0.6 is 23.8 Å². The highest BCUT2D eigenvalue weighted by molar-refractivity contribution is 7.89. The fourth-order valence-corrected chi connectivity index (χ4v) is 4.48. The summed E-state index contributed by atoms with van der Waals surface area (Å²) in [6.45, 7) is 1.42. The molecule has 1 saturated heterocycles. The second-order valence-corrected chi connectivity index (χ2v) is 9.00. The third kappa shape index (κ3) is 5.37. The Balaban J connectivity index is 1.58. The molecule has 0 bridgehead atoms. The van der Waals surface area contributed by atoms with Crippen LogP contribution in [0.1, 0.15) is 10.4 Å². The minimum atomic E-state index is -3.56. The van der Waals surface area contributed by atoms with Gasteiger partial charge in [-0.2, -0.15) is 4.31 Å². The van der Waals surface area contributed by atoms with Gasteiger partial charge in [0, 0.05) is 18.8 Å². The molecule has 0 radical (unpaired) electrons. The normalized spacial score (nSPS) is 14.7. The zero-order chi connectivity index (χ0) is 21.7. The van der Waals surface area contributed by atoms with Crippen molar-refractivity contribution in [3.05, 3.63) is 53.1 Å². The summed E-state index contributed by atoms with van der Waals surface area (Å²) in [5.74, 6) is -1.14. The molecule has 0 spiro atoms. The van der Waals surface area contributed by atoms with Crippen LogP contribution in [-0.2, 0) is 14.8 Å². The number of anilines is 2. The number of hydrazine groups is 1. The number of halogens is 1. The lowest BCUT2D eigenvalue weighted by Gasteiger charge is -2.26. The maximum Gasteiger partial charge on any atom is 0.337 e. The Labute approximate surface area is 184 Å². The molecule has 12 heteroatoms. The number of ether oxygens (including phenoxy) is 1. The molecule has 2 aromatic rings. The molecule has 0 aromatic heterocycles. The smallest absolute Gasteiger partial charge is 0.337 e. The molecule has 160 valence electrons. The van der Waals surface area contributed by atoms with Crippen molar-refractivity contribution in [2.24, 2.45) is 0 Å². The van der Waals surface area contributed by atoms with E-state index >= 15 is 0 Å². The van der Waals surface area contributed by atoms with Crippen molar-refractivity contribution in [3.63, 3.8) is 0 Å². The molecule has 1 fully saturated rings. The van der Waals surface area contributed by atoms with Crippen molar-refractivity contribution in [2.45, 2.75) is 4.90 Å². The number of benzene rings is 2. The summed E-state index contributed by atoms with van der Waals surface area (Å²) in [5.41, 5.74) is 6.49. The molecule has 1 aliphatic heterocycles. The van der Waals surface area contributed by atoms with E-state index in [4.69, 9.17) is 33.7 Å². The highest BCUT2D eigenvalue weighted by atomic mass is 35.5. The second kappa shape index (κ2) is 9.58. The third-order valence-corrected chi connectivity index (χ3v) is 6.68. The summed E-state index contributed by atoms with van der Waals surface area (Å²) in [6.07, 6.45) is 0. The highest BCUT2D eigenvalue weighted by Crippen LogP contribution is 2.21. The molecule has 0 unspecified atom stereocenters. The largest absolute Gasteiger partial charge is 0.478 e. The van der Waals surface area contributed by atoms with Gasteiger partial charge < -0.3 is 15.2 Å². The lowest BCUT2D eigenvalue weighted by Crippen LogP contribution is -2.40. The van der Waals surface area contributed by atoms with Crippen LogP contribution in [0.15, 0.2) is 47.4 Å². The Bertz CT molecular complexity index is 1040. The van der Waals surface area contributed by atoms with E-state index in [0.717, 1.165) is 0 Å². The van der Waals surface area contributed by atoms with Crippen molar-refractivity contribution < 1.29 is 23.1 Å². The van der Waals surface area contributed by atoms with Gasteiger partial charge in [0.25, 0.3) is 0 Å². The van der Waals surface area contributed by atoms with E-state index in [9.17, 15) is 13.2 Å². The Morgan fingerprint density at radius 1 is 1.10 bits per heavy atom. The van der Waals surface area contributed by atoms with Crippen molar-refractivity contribution in [3.8, 4) is 0 Å². The SMILES string of the molecule is O=C(O)c1cc(NNC(=S)Nc2ccc(S(=O)(=O)N3CCOCC3)cc2)ccc1Cl. The molecule has 1 heterocycles.